The first kappa shape index (κ1) is 10.0. The van der Waals surface area contributed by atoms with Crippen LogP contribution in [-0.4, -0.2) is 26.2 Å². The third-order valence-electron chi connectivity index (χ3n) is 1.57. The summed E-state index contributed by atoms with van der Waals surface area (Å²) in [6, 6.07) is 0. The molecular formula is C6H9N3O3S. The molecule has 0 bridgehead atoms. The van der Waals surface area contributed by atoms with Crippen LogP contribution < -0.4 is 0 Å². The highest BCUT2D eigenvalue weighted by Crippen LogP contribution is 2.14. The molecule has 0 saturated carbocycles. The summed E-state index contributed by atoms with van der Waals surface area (Å²) in [4.78, 5) is 13.7. The third-order valence-corrected chi connectivity index (χ3v) is 1.85. The van der Waals surface area contributed by atoms with Crippen LogP contribution in [0, 0.1) is 10.1 Å². The maximum absolute atomic E-state index is 10.5. The number of hydrogen-bond donors (Lipinski definition) is 2. The van der Waals surface area contributed by atoms with E-state index in [2.05, 4.69) is 17.6 Å². The molecule has 0 fully saturated rings. The minimum atomic E-state index is -0.532. The van der Waals surface area contributed by atoms with Crippen LogP contribution in [0.25, 0.3) is 0 Å². The molecule has 1 aromatic rings. The van der Waals surface area contributed by atoms with E-state index in [1.54, 1.807) is 0 Å². The van der Waals surface area contributed by atoms with Crippen LogP contribution in [-0.2, 0) is 12.3 Å². The Kier molecular flexibility index (Phi) is 3.26. The molecule has 0 aliphatic carbocycles. The molecule has 1 heterocycles. The highest BCUT2D eigenvalue weighted by molar-refractivity contribution is 7.79. The highest BCUT2D eigenvalue weighted by Gasteiger charge is 2.17. The quantitative estimate of drug-likeness (QED) is 0.416. The van der Waals surface area contributed by atoms with Crippen molar-refractivity contribution in [2.45, 2.75) is 12.3 Å². The Labute approximate surface area is 79.8 Å². The second-order valence-corrected chi connectivity index (χ2v) is 2.64. The van der Waals surface area contributed by atoms with Gasteiger partial charge in [0, 0.05) is 0 Å². The molecule has 0 atom stereocenters. The molecule has 7 heteroatoms. The summed E-state index contributed by atoms with van der Waals surface area (Å²) in [6.45, 7) is 0.0180. The summed E-state index contributed by atoms with van der Waals surface area (Å²) in [7, 11) is 0. The second-order valence-electron chi connectivity index (χ2n) is 2.32. The summed E-state index contributed by atoms with van der Waals surface area (Å²) in [6.07, 6.45) is 1.17. The van der Waals surface area contributed by atoms with Gasteiger partial charge in [0.1, 0.15) is 12.7 Å². The SMILES string of the molecule is O=[N+]([O-])c1cnc(CS)n1CCO. The Hall–Kier alpha value is -1.08. The van der Waals surface area contributed by atoms with Gasteiger partial charge < -0.3 is 15.2 Å². The van der Waals surface area contributed by atoms with E-state index >= 15 is 0 Å². The fraction of sp³-hybridized carbons (Fsp3) is 0.500. The molecular weight excluding hydrogens is 194 g/mol. The van der Waals surface area contributed by atoms with Crippen molar-refractivity contribution in [2.75, 3.05) is 6.61 Å². The van der Waals surface area contributed by atoms with Gasteiger partial charge in [0.05, 0.1) is 12.4 Å². The fourth-order valence-corrected chi connectivity index (χ4v) is 1.27. The molecule has 13 heavy (non-hydrogen) atoms. The van der Waals surface area contributed by atoms with Crippen LogP contribution in [0.15, 0.2) is 6.20 Å². The number of aliphatic hydroxyl groups excluding tert-OH is 1. The Balaban J connectivity index is 3.06. The molecule has 0 aliphatic heterocycles. The monoisotopic (exact) mass is 203 g/mol. The van der Waals surface area contributed by atoms with E-state index in [1.165, 1.54) is 10.8 Å². The molecule has 1 rings (SSSR count). The largest absolute Gasteiger partial charge is 0.392 e. The van der Waals surface area contributed by atoms with Crippen molar-refractivity contribution < 1.29 is 10.0 Å². The predicted molar refractivity (Wildman–Crippen MR) is 48.7 cm³/mol. The summed E-state index contributed by atoms with van der Waals surface area (Å²) < 4.78 is 1.34. The van der Waals surface area contributed by atoms with Crippen LogP contribution in [0.5, 0.6) is 0 Å². The normalized spacial score (nSPS) is 10.3. The molecule has 6 nitrogen and oxygen atoms in total. The second kappa shape index (κ2) is 4.24. The zero-order valence-corrected chi connectivity index (χ0v) is 7.65. The van der Waals surface area contributed by atoms with Crippen molar-refractivity contribution in [1.29, 1.82) is 0 Å². The number of imidazole rings is 1. The first-order chi connectivity index (χ1) is 6.20. The molecule has 0 spiro atoms. The van der Waals surface area contributed by atoms with E-state index in [-0.39, 0.29) is 19.0 Å². The van der Waals surface area contributed by atoms with Crippen molar-refractivity contribution in [3.05, 3.63) is 22.1 Å². The molecule has 0 saturated heterocycles. The average Bonchev–Trinajstić information content (AvgIpc) is 2.48. The Morgan fingerprint density at radius 1 is 1.77 bits per heavy atom. The van der Waals surface area contributed by atoms with Gasteiger partial charge in [-0.15, -0.1) is 0 Å². The first-order valence-electron chi connectivity index (χ1n) is 3.61. The summed E-state index contributed by atoms with van der Waals surface area (Å²) >= 11 is 3.97. The van der Waals surface area contributed by atoms with Gasteiger partial charge in [-0.25, -0.2) is 9.55 Å². The number of hydrogen-bond acceptors (Lipinski definition) is 5. The van der Waals surface area contributed by atoms with Gasteiger partial charge >= 0.3 is 5.82 Å². The van der Waals surface area contributed by atoms with Gasteiger partial charge in [-0.3, -0.25) is 0 Å². The maximum Gasteiger partial charge on any atom is 0.342 e. The molecule has 0 aromatic carbocycles. The molecule has 72 valence electrons. The number of thiol groups is 1. The Morgan fingerprint density at radius 2 is 2.46 bits per heavy atom. The van der Waals surface area contributed by atoms with E-state index in [0.29, 0.717) is 11.6 Å². The number of nitrogens with zero attached hydrogens (tertiary/aromatic N) is 3. The average molecular weight is 203 g/mol. The van der Waals surface area contributed by atoms with Crippen LogP contribution in [0.4, 0.5) is 5.82 Å². The van der Waals surface area contributed by atoms with Crippen molar-refractivity contribution in [1.82, 2.24) is 9.55 Å². The molecule has 0 radical (unpaired) electrons. The fourth-order valence-electron chi connectivity index (χ4n) is 1.02. The van der Waals surface area contributed by atoms with E-state index in [0.717, 1.165) is 0 Å². The van der Waals surface area contributed by atoms with Crippen LogP contribution in [0.2, 0.25) is 0 Å². The molecule has 1 aromatic heterocycles. The molecule has 1 N–H and O–H groups in total. The number of aliphatic hydroxyl groups is 1. The lowest BCUT2D eigenvalue weighted by Gasteiger charge is -2.00. The van der Waals surface area contributed by atoms with E-state index < -0.39 is 4.92 Å². The lowest BCUT2D eigenvalue weighted by atomic mass is 10.6. The van der Waals surface area contributed by atoms with Gasteiger partial charge in [-0.05, 0) is 4.92 Å². The van der Waals surface area contributed by atoms with E-state index in [9.17, 15) is 10.1 Å². The zero-order chi connectivity index (χ0) is 9.84. The first-order valence-corrected chi connectivity index (χ1v) is 4.24. The van der Waals surface area contributed by atoms with Crippen molar-refractivity contribution in [2.24, 2.45) is 0 Å². The third kappa shape index (κ3) is 1.99. The smallest absolute Gasteiger partial charge is 0.342 e. The topological polar surface area (TPSA) is 81.2 Å². The van der Waals surface area contributed by atoms with Crippen molar-refractivity contribution >= 4 is 18.4 Å². The summed E-state index contributed by atoms with van der Waals surface area (Å²) in [5, 5.41) is 19.1. The number of nitro groups is 1. The standard InChI is InChI=1S/C6H9N3O3S/c10-2-1-8-5(4-13)7-3-6(8)9(11)12/h3,10,13H,1-2,4H2. The van der Waals surface area contributed by atoms with Gasteiger partial charge in [0.25, 0.3) is 0 Å². The van der Waals surface area contributed by atoms with Gasteiger partial charge in [-0.2, -0.15) is 12.6 Å². The highest BCUT2D eigenvalue weighted by atomic mass is 32.1. The zero-order valence-electron chi connectivity index (χ0n) is 6.75. The lowest BCUT2D eigenvalue weighted by molar-refractivity contribution is -0.392. The maximum atomic E-state index is 10.5. The minimum Gasteiger partial charge on any atom is -0.392 e. The van der Waals surface area contributed by atoms with Crippen molar-refractivity contribution in [3.8, 4) is 0 Å². The summed E-state index contributed by atoms with van der Waals surface area (Å²) in [5.41, 5.74) is 0. The van der Waals surface area contributed by atoms with Crippen LogP contribution in [0.3, 0.4) is 0 Å². The molecule has 0 amide bonds. The lowest BCUT2D eigenvalue weighted by Crippen LogP contribution is -2.08. The van der Waals surface area contributed by atoms with Gasteiger partial charge in [-0.1, -0.05) is 0 Å². The predicted octanol–water partition coefficient (Wildman–Crippen LogP) is 0.213. The minimum absolute atomic E-state index is 0.113. The Morgan fingerprint density at radius 3 is 2.92 bits per heavy atom. The van der Waals surface area contributed by atoms with Crippen LogP contribution in [0.1, 0.15) is 5.82 Å². The molecule has 0 aliphatic rings. The summed E-state index contributed by atoms with van der Waals surface area (Å²) in [5.74, 6) is 0.690. The van der Waals surface area contributed by atoms with Crippen molar-refractivity contribution in [3.63, 3.8) is 0 Å². The van der Waals surface area contributed by atoms with E-state index in [1.807, 2.05) is 0 Å². The number of rotatable bonds is 4. The van der Waals surface area contributed by atoms with E-state index in [4.69, 9.17) is 5.11 Å². The molecule has 0 unspecified atom stereocenters. The van der Waals surface area contributed by atoms with Crippen LogP contribution >= 0.6 is 12.6 Å². The van der Waals surface area contributed by atoms with Gasteiger partial charge in [0.15, 0.2) is 0 Å². The Bertz CT molecular complexity index is 312. The number of aromatic nitrogens is 2. The van der Waals surface area contributed by atoms with Gasteiger partial charge in [0.2, 0.25) is 5.82 Å².